The number of hydrogen-bond acceptors (Lipinski definition) is 5. The summed E-state index contributed by atoms with van der Waals surface area (Å²) in [6, 6.07) is 26.1. The number of carbonyl (C=O) groups is 1. The van der Waals surface area contributed by atoms with E-state index in [0.717, 1.165) is 71.5 Å². The first-order valence-electron chi connectivity index (χ1n) is 11.9. The van der Waals surface area contributed by atoms with Crippen molar-refractivity contribution in [3.8, 4) is 22.5 Å². The normalized spacial score (nSPS) is 14.5. The van der Waals surface area contributed by atoms with Gasteiger partial charge >= 0.3 is 0 Å². The molecular weight excluding hydrogens is 436 g/mol. The highest BCUT2D eigenvalue weighted by molar-refractivity contribution is 6.03. The van der Waals surface area contributed by atoms with Gasteiger partial charge in [0.15, 0.2) is 0 Å². The first-order valence-corrected chi connectivity index (χ1v) is 11.9. The van der Waals surface area contributed by atoms with Crippen LogP contribution in [0.15, 0.2) is 83.3 Å². The van der Waals surface area contributed by atoms with E-state index in [1.807, 2.05) is 54.6 Å². The van der Waals surface area contributed by atoms with Crippen molar-refractivity contribution in [3.63, 3.8) is 0 Å². The number of piperazine rings is 1. The molecule has 0 saturated carbocycles. The Morgan fingerprint density at radius 1 is 0.886 bits per heavy atom. The molecule has 1 fully saturated rings. The number of rotatable bonds is 5. The van der Waals surface area contributed by atoms with Crippen LogP contribution in [-0.4, -0.2) is 42.0 Å². The van der Waals surface area contributed by atoms with Gasteiger partial charge in [-0.25, -0.2) is 4.98 Å². The molecule has 3 aromatic carbocycles. The van der Waals surface area contributed by atoms with Crippen LogP contribution >= 0.6 is 0 Å². The smallest absolute Gasteiger partial charge is 0.267 e. The van der Waals surface area contributed by atoms with E-state index >= 15 is 0 Å². The van der Waals surface area contributed by atoms with Gasteiger partial charge in [0.25, 0.3) is 5.91 Å². The number of nitrogens with zero attached hydrogens (tertiary/aromatic N) is 2. The minimum Gasteiger partial charge on any atom is -0.456 e. The maximum Gasteiger partial charge on any atom is 0.267 e. The van der Waals surface area contributed by atoms with Gasteiger partial charge < -0.3 is 15.5 Å². The minimum absolute atomic E-state index is 0.255. The van der Waals surface area contributed by atoms with Crippen LogP contribution in [0.1, 0.15) is 16.1 Å². The molecular formula is C29H26N4O2. The number of furan rings is 1. The van der Waals surface area contributed by atoms with Crippen LogP contribution in [-0.2, 0) is 6.54 Å². The van der Waals surface area contributed by atoms with E-state index in [1.54, 1.807) is 0 Å². The molecule has 1 aliphatic rings. The largest absolute Gasteiger partial charge is 0.456 e. The maximum absolute atomic E-state index is 12.4. The number of primary amides is 1. The summed E-state index contributed by atoms with van der Waals surface area (Å²) < 4.78 is 6.37. The zero-order valence-electron chi connectivity index (χ0n) is 19.3. The van der Waals surface area contributed by atoms with Crippen molar-refractivity contribution in [2.24, 2.45) is 5.73 Å². The highest BCUT2D eigenvalue weighted by Gasteiger charge is 2.19. The van der Waals surface area contributed by atoms with Crippen LogP contribution < -0.4 is 11.1 Å². The van der Waals surface area contributed by atoms with E-state index in [0.29, 0.717) is 5.56 Å². The molecule has 0 bridgehead atoms. The van der Waals surface area contributed by atoms with Crippen LogP contribution in [0.25, 0.3) is 44.3 Å². The lowest BCUT2D eigenvalue weighted by atomic mass is 9.95. The lowest BCUT2D eigenvalue weighted by Gasteiger charge is -2.27. The molecule has 0 radical (unpaired) electrons. The average Bonchev–Trinajstić information content (AvgIpc) is 3.32. The number of carbonyl (C=O) groups excluding carboxylic acids is 1. The first kappa shape index (κ1) is 21.5. The van der Waals surface area contributed by atoms with Crippen molar-refractivity contribution >= 4 is 27.8 Å². The van der Waals surface area contributed by atoms with Crippen molar-refractivity contribution in [2.75, 3.05) is 26.2 Å². The van der Waals surface area contributed by atoms with Crippen molar-refractivity contribution in [3.05, 3.63) is 90.1 Å². The Kier molecular flexibility index (Phi) is 5.52. The molecule has 1 amide bonds. The Balaban J connectivity index is 1.43. The molecule has 1 saturated heterocycles. The molecule has 35 heavy (non-hydrogen) atoms. The van der Waals surface area contributed by atoms with E-state index in [4.69, 9.17) is 10.2 Å². The molecule has 6 heteroatoms. The molecule has 6 rings (SSSR count). The molecule has 2 aromatic heterocycles. The van der Waals surface area contributed by atoms with Gasteiger partial charge in [-0.2, -0.15) is 0 Å². The third-order valence-corrected chi connectivity index (χ3v) is 6.64. The number of hydrogen-bond donors (Lipinski definition) is 2. The SMILES string of the molecule is NC(=O)c1nc2ccccc2cc1-c1ccccc1-c1cc2ccc(CN3CCNCC3)cc2o1. The van der Waals surface area contributed by atoms with Gasteiger partial charge in [-0.3, -0.25) is 9.69 Å². The Labute approximate surface area is 203 Å². The number of benzene rings is 3. The van der Waals surface area contributed by atoms with Gasteiger partial charge in [0.2, 0.25) is 0 Å². The Bertz CT molecular complexity index is 1550. The summed E-state index contributed by atoms with van der Waals surface area (Å²) in [6.07, 6.45) is 0. The van der Waals surface area contributed by atoms with E-state index in [9.17, 15) is 4.79 Å². The highest BCUT2D eigenvalue weighted by atomic mass is 16.3. The lowest BCUT2D eigenvalue weighted by molar-refractivity contribution is 0.0996. The van der Waals surface area contributed by atoms with Crippen LogP contribution in [0.4, 0.5) is 0 Å². The second kappa shape index (κ2) is 8.98. The summed E-state index contributed by atoms with van der Waals surface area (Å²) in [6.45, 7) is 5.07. The van der Waals surface area contributed by atoms with Gasteiger partial charge in [0.1, 0.15) is 17.0 Å². The zero-order chi connectivity index (χ0) is 23.8. The summed E-state index contributed by atoms with van der Waals surface area (Å²) in [7, 11) is 0. The van der Waals surface area contributed by atoms with Gasteiger partial charge in [0, 0.05) is 54.6 Å². The summed E-state index contributed by atoms with van der Waals surface area (Å²) in [4.78, 5) is 19.4. The molecule has 174 valence electrons. The number of fused-ring (bicyclic) bond motifs is 2. The number of para-hydroxylation sites is 1. The van der Waals surface area contributed by atoms with Crippen molar-refractivity contribution in [1.29, 1.82) is 0 Å². The highest BCUT2D eigenvalue weighted by Crippen LogP contribution is 2.37. The van der Waals surface area contributed by atoms with Crippen molar-refractivity contribution in [2.45, 2.75) is 6.54 Å². The Morgan fingerprint density at radius 3 is 2.49 bits per heavy atom. The molecule has 0 aliphatic carbocycles. The topological polar surface area (TPSA) is 84.4 Å². The number of amides is 1. The fraction of sp³-hybridized carbons (Fsp3) is 0.172. The van der Waals surface area contributed by atoms with Crippen molar-refractivity contribution in [1.82, 2.24) is 15.2 Å². The number of nitrogens with two attached hydrogens (primary N) is 1. The third kappa shape index (κ3) is 4.18. The molecule has 6 nitrogen and oxygen atoms in total. The van der Waals surface area contributed by atoms with Crippen LogP contribution in [0.3, 0.4) is 0 Å². The maximum atomic E-state index is 12.4. The summed E-state index contributed by atoms with van der Waals surface area (Å²) in [5.74, 6) is 0.196. The Morgan fingerprint density at radius 2 is 1.66 bits per heavy atom. The van der Waals surface area contributed by atoms with Crippen LogP contribution in [0.2, 0.25) is 0 Å². The van der Waals surface area contributed by atoms with E-state index in [2.05, 4.69) is 39.5 Å². The van der Waals surface area contributed by atoms with Crippen molar-refractivity contribution < 1.29 is 9.21 Å². The van der Waals surface area contributed by atoms with Gasteiger partial charge in [-0.05, 0) is 35.4 Å². The quantitative estimate of drug-likeness (QED) is 0.391. The number of aromatic nitrogens is 1. The molecule has 0 unspecified atom stereocenters. The van der Waals surface area contributed by atoms with Crippen LogP contribution in [0, 0.1) is 0 Å². The predicted octanol–water partition coefficient (Wildman–Crippen LogP) is 4.82. The fourth-order valence-corrected chi connectivity index (χ4v) is 4.88. The van der Waals surface area contributed by atoms with Gasteiger partial charge in [-0.1, -0.05) is 54.6 Å². The second-order valence-corrected chi connectivity index (χ2v) is 9.00. The number of nitrogens with one attached hydrogen (secondary N) is 1. The zero-order valence-corrected chi connectivity index (χ0v) is 19.3. The Hall–Kier alpha value is -4.00. The summed E-state index contributed by atoms with van der Waals surface area (Å²) in [5, 5.41) is 5.39. The standard InChI is InChI=1S/C29H26N4O2/c30-29(34)28-24(16-20-5-1-4-8-25(20)32-28)22-6-2-3-7-23(22)27-17-21-10-9-19(15-26(21)35-27)18-33-13-11-31-12-14-33/h1-10,15-17,31H,11-14,18H2,(H2,30,34). The minimum atomic E-state index is -0.553. The predicted molar refractivity (Wildman–Crippen MR) is 139 cm³/mol. The van der Waals surface area contributed by atoms with E-state index in [-0.39, 0.29) is 5.69 Å². The van der Waals surface area contributed by atoms with Crippen LogP contribution in [0.5, 0.6) is 0 Å². The van der Waals surface area contributed by atoms with Gasteiger partial charge in [0.05, 0.1) is 5.52 Å². The molecule has 5 aromatic rings. The molecule has 0 atom stereocenters. The molecule has 3 N–H and O–H groups in total. The third-order valence-electron chi connectivity index (χ3n) is 6.64. The monoisotopic (exact) mass is 462 g/mol. The number of pyridine rings is 1. The average molecular weight is 463 g/mol. The van der Waals surface area contributed by atoms with E-state index in [1.165, 1.54) is 5.56 Å². The first-order chi connectivity index (χ1) is 17.2. The molecule has 3 heterocycles. The second-order valence-electron chi connectivity index (χ2n) is 9.00. The molecule has 1 aliphatic heterocycles. The lowest BCUT2D eigenvalue weighted by Crippen LogP contribution is -2.42. The summed E-state index contributed by atoms with van der Waals surface area (Å²) in [5.41, 5.74) is 11.3. The van der Waals surface area contributed by atoms with Gasteiger partial charge in [-0.15, -0.1) is 0 Å². The van der Waals surface area contributed by atoms with E-state index < -0.39 is 5.91 Å². The fourth-order valence-electron chi connectivity index (χ4n) is 4.88. The summed E-state index contributed by atoms with van der Waals surface area (Å²) >= 11 is 0. The molecule has 0 spiro atoms.